The van der Waals surface area contributed by atoms with E-state index >= 15 is 0 Å². The first-order valence-corrected chi connectivity index (χ1v) is 4.67. The van der Waals surface area contributed by atoms with Crippen molar-refractivity contribution >= 4 is 11.4 Å². The summed E-state index contributed by atoms with van der Waals surface area (Å²) >= 11 is 0. The largest absolute Gasteiger partial charge is 0.398 e. The molecule has 0 radical (unpaired) electrons. The molecule has 2 rings (SSSR count). The number of benzene rings is 1. The predicted octanol–water partition coefficient (Wildman–Crippen LogP) is 1.03. The van der Waals surface area contributed by atoms with Crippen LogP contribution in [0.1, 0.15) is 11.1 Å². The Morgan fingerprint density at radius 2 is 2.07 bits per heavy atom. The Morgan fingerprint density at radius 1 is 1.36 bits per heavy atom. The van der Waals surface area contributed by atoms with Crippen molar-refractivity contribution in [2.24, 2.45) is 11.5 Å². The molecule has 1 aliphatic heterocycles. The van der Waals surface area contributed by atoms with Gasteiger partial charge in [-0.1, -0.05) is 12.1 Å². The molecule has 0 bridgehead atoms. The second kappa shape index (κ2) is 3.03. The zero-order valence-corrected chi connectivity index (χ0v) is 8.49. The number of hydrogen-bond acceptors (Lipinski definition) is 3. The molecule has 3 nitrogen and oxygen atoms in total. The SMILES string of the molecule is Cc1cccc2c1C(N)=CC(N)N2C. The van der Waals surface area contributed by atoms with Crippen molar-refractivity contribution in [3.8, 4) is 0 Å². The topological polar surface area (TPSA) is 55.3 Å². The van der Waals surface area contributed by atoms with Gasteiger partial charge in [-0.15, -0.1) is 0 Å². The first-order chi connectivity index (χ1) is 6.61. The van der Waals surface area contributed by atoms with Crippen LogP contribution >= 0.6 is 0 Å². The number of aryl methyl sites for hydroxylation is 1. The average Bonchev–Trinajstić information content (AvgIpc) is 2.14. The van der Waals surface area contributed by atoms with E-state index in [0.717, 1.165) is 16.9 Å². The Kier molecular flexibility index (Phi) is 1.97. The highest BCUT2D eigenvalue weighted by Gasteiger charge is 2.20. The summed E-state index contributed by atoms with van der Waals surface area (Å²) in [5.41, 5.74) is 16.0. The Balaban J connectivity index is 2.66. The van der Waals surface area contributed by atoms with Gasteiger partial charge < -0.3 is 16.4 Å². The van der Waals surface area contributed by atoms with Gasteiger partial charge in [0.1, 0.15) is 0 Å². The Hall–Kier alpha value is -1.48. The quantitative estimate of drug-likeness (QED) is 0.641. The van der Waals surface area contributed by atoms with Crippen LogP contribution in [0.5, 0.6) is 0 Å². The summed E-state index contributed by atoms with van der Waals surface area (Å²) in [7, 11) is 1.98. The maximum Gasteiger partial charge on any atom is 0.0981 e. The number of fused-ring (bicyclic) bond motifs is 1. The highest BCUT2D eigenvalue weighted by Crippen LogP contribution is 2.31. The van der Waals surface area contributed by atoms with Gasteiger partial charge in [-0.3, -0.25) is 0 Å². The van der Waals surface area contributed by atoms with Crippen molar-refractivity contribution in [2.75, 3.05) is 11.9 Å². The number of likely N-dealkylation sites (N-methyl/N-ethyl adjacent to an activating group) is 1. The molecule has 1 heterocycles. The molecule has 14 heavy (non-hydrogen) atoms. The fraction of sp³-hybridized carbons (Fsp3) is 0.273. The molecule has 0 saturated carbocycles. The lowest BCUT2D eigenvalue weighted by atomic mass is 9.99. The smallest absolute Gasteiger partial charge is 0.0981 e. The summed E-state index contributed by atoms with van der Waals surface area (Å²) in [5.74, 6) is 0. The van der Waals surface area contributed by atoms with E-state index in [4.69, 9.17) is 11.5 Å². The molecule has 1 unspecified atom stereocenters. The molecule has 1 aromatic rings. The lowest BCUT2D eigenvalue weighted by Gasteiger charge is -2.32. The molecular weight excluding hydrogens is 174 g/mol. The van der Waals surface area contributed by atoms with E-state index in [1.165, 1.54) is 5.56 Å². The maximum atomic E-state index is 5.95. The number of anilines is 1. The monoisotopic (exact) mass is 189 g/mol. The number of nitrogens with two attached hydrogens (primary N) is 2. The van der Waals surface area contributed by atoms with Gasteiger partial charge in [0.2, 0.25) is 0 Å². The minimum absolute atomic E-state index is 0.121. The molecule has 0 aliphatic carbocycles. The van der Waals surface area contributed by atoms with Gasteiger partial charge in [-0.25, -0.2) is 0 Å². The van der Waals surface area contributed by atoms with Gasteiger partial charge in [0.25, 0.3) is 0 Å². The summed E-state index contributed by atoms with van der Waals surface area (Å²) in [4.78, 5) is 2.03. The molecule has 0 amide bonds. The van der Waals surface area contributed by atoms with Gasteiger partial charge in [0.15, 0.2) is 0 Å². The van der Waals surface area contributed by atoms with Crippen LogP contribution in [0.15, 0.2) is 24.3 Å². The maximum absolute atomic E-state index is 5.95. The van der Waals surface area contributed by atoms with E-state index < -0.39 is 0 Å². The minimum atomic E-state index is -0.121. The van der Waals surface area contributed by atoms with Crippen molar-refractivity contribution in [1.82, 2.24) is 0 Å². The van der Waals surface area contributed by atoms with E-state index in [0.29, 0.717) is 0 Å². The lowest BCUT2D eigenvalue weighted by Crippen LogP contribution is -2.41. The van der Waals surface area contributed by atoms with Crippen LogP contribution in [0.25, 0.3) is 5.70 Å². The first kappa shape index (κ1) is 9.09. The molecule has 4 N–H and O–H groups in total. The normalized spacial score (nSPS) is 20.4. The van der Waals surface area contributed by atoms with Crippen molar-refractivity contribution < 1.29 is 0 Å². The molecule has 0 spiro atoms. The highest BCUT2D eigenvalue weighted by atomic mass is 15.2. The van der Waals surface area contributed by atoms with E-state index in [1.54, 1.807) is 0 Å². The van der Waals surface area contributed by atoms with Crippen molar-refractivity contribution in [3.05, 3.63) is 35.4 Å². The Bertz CT molecular complexity index is 396. The predicted molar refractivity (Wildman–Crippen MR) is 59.7 cm³/mol. The van der Waals surface area contributed by atoms with Crippen LogP contribution in [0, 0.1) is 6.92 Å². The summed E-state index contributed by atoms with van der Waals surface area (Å²) in [6.07, 6.45) is 1.76. The molecule has 1 aromatic carbocycles. The third-order valence-corrected chi connectivity index (χ3v) is 2.72. The fourth-order valence-corrected chi connectivity index (χ4v) is 1.86. The number of hydrogen-bond donors (Lipinski definition) is 2. The Morgan fingerprint density at radius 3 is 2.79 bits per heavy atom. The van der Waals surface area contributed by atoms with Gasteiger partial charge in [-0.2, -0.15) is 0 Å². The zero-order chi connectivity index (χ0) is 10.3. The van der Waals surface area contributed by atoms with Crippen LogP contribution in [-0.2, 0) is 0 Å². The Labute approximate surface area is 84.0 Å². The van der Waals surface area contributed by atoms with Crippen molar-refractivity contribution in [1.29, 1.82) is 0 Å². The molecule has 0 aromatic heterocycles. The molecule has 74 valence electrons. The van der Waals surface area contributed by atoms with E-state index in [9.17, 15) is 0 Å². The fourth-order valence-electron chi connectivity index (χ4n) is 1.86. The van der Waals surface area contributed by atoms with Crippen LogP contribution in [-0.4, -0.2) is 13.2 Å². The zero-order valence-electron chi connectivity index (χ0n) is 8.49. The molecule has 3 heteroatoms. The molecule has 0 saturated heterocycles. The lowest BCUT2D eigenvalue weighted by molar-refractivity contribution is 0.777. The van der Waals surface area contributed by atoms with E-state index in [-0.39, 0.29) is 6.17 Å². The second-order valence-electron chi connectivity index (χ2n) is 3.69. The second-order valence-corrected chi connectivity index (χ2v) is 3.69. The van der Waals surface area contributed by atoms with E-state index in [2.05, 4.69) is 13.0 Å². The summed E-state index contributed by atoms with van der Waals surface area (Å²) < 4.78 is 0. The average molecular weight is 189 g/mol. The van der Waals surface area contributed by atoms with Gasteiger partial charge in [0, 0.05) is 24.0 Å². The molecular formula is C11H15N3. The van der Waals surface area contributed by atoms with Crippen molar-refractivity contribution in [2.45, 2.75) is 13.1 Å². The van der Waals surface area contributed by atoms with Gasteiger partial charge in [0.05, 0.1) is 6.17 Å². The van der Waals surface area contributed by atoms with Crippen LogP contribution < -0.4 is 16.4 Å². The van der Waals surface area contributed by atoms with Gasteiger partial charge in [-0.05, 0) is 24.6 Å². The standard InChI is InChI=1S/C11H15N3/c1-7-4-3-5-9-11(7)8(12)6-10(13)14(9)2/h3-6,10H,12-13H2,1-2H3. The molecule has 1 aliphatic rings. The van der Waals surface area contributed by atoms with Crippen LogP contribution in [0.2, 0.25) is 0 Å². The first-order valence-electron chi connectivity index (χ1n) is 4.67. The summed E-state index contributed by atoms with van der Waals surface area (Å²) in [6, 6.07) is 6.13. The third kappa shape index (κ3) is 1.17. The highest BCUT2D eigenvalue weighted by molar-refractivity contribution is 5.81. The van der Waals surface area contributed by atoms with Gasteiger partial charge >= 0.3 is 0 Å². The molecule has 1 atom stereocenters. The summed E-state index contributed by atoms with van der Waals surface area (Å²) in [6.45, 7) is 2.06. The number of nitrogens with zero attached hydrogens (tertiary/aromatic N) is 1. The third-order valence-electron chi connectivity index (χ3n) is 2.72. The minimum Gasteiger partial charge on any atom is -0.398 e. The van der Waals surface area contributed by atoms with E-state index in [1.807, 2.05) is 30.2 Å². The van der Waals surface area contributed by atoms with Crippen LogP contribution in [0.4, 0.5) is 5.69 Å². The number of rotatable bonds is 0. The molecule has 0 fully saturated rings. The summed E-state index contributed by atoms with van der Waals surface area (Å²) in [5, 5.41) is 0. The van der Waals surface area contributed by atoms with Crippen molar-refractivity contribution in [3.63, 3.8) is 0 Å². The van der Waals surface area contributed by atoms with Crippen LogP contribution in [0.3, 0.4) is 0 Å².